The molecule has 0 fully saturated rings. The van der Waals surface area contributed by atoms with Gasteiger partial charge in [-0.05, 0) is 12.5 Å². The van der Waals surface area contributed by atoms with Gasteiger partial charge >= 0.3 is 0 Å². The van der Waals surface area contributed by atoms with Crippen LogP contribution in [0.4, 0.5) is 22.7 Å². The van der Waals surface area contributed by atoms with Gasteiger partial charge in [0, 0.05) is 28.2 Å². The molecule has 8 heteroatoms. The Kier molecular flexibility index (Phi) is 3.79. The summed E-state index contributed by atoms with van der Waals surface area (Å²) in [5.41, 5.74) is 36.1. The van der Waals surface area contributed by atoms with Crippen molar-refractivity contribution in [1.82, 2.24) is 0 Å². The zero-order valence-corrected chi connectivity index (χ0v) is 11.9. The van der Waals surface area contributed by atoms with Crippen LogP contribution in [0.25, 0.3) is 5.70 Å². The van der Waals surface area contributed by atoms with Crippen LogP contribution in [0.3, 0.4) is 0 Å². The third-order valence-corrected chi connectivity index (χ3v) is 3.27. The van der Waals surface area contributed by atoms with E-state index in [0.717, 1.165) is 0 Å². The third-order valence-electron chi connectivity index (χ3n) is 2.69. The van der Waals surface area contributed by atoms with Gasteiger partial charge in [-0.2, -0.15) is 0 Å². The van der Waals surface area contributed by atoms with Crippen LogP contribution in [0.15, 0.2) is 5.70 Å². The van der Waals surface area contributed by atoms with Crippen LogP contribution in [-0.2, 0) is 4.79 Å². The number of hydrogen-bond acceptors (Lipinski definition) is 7. The molecule has 1 aromatic rings. The largest absolute Gasteiger partial charge is 0.397 e. The highest BCUT2D eigenvalue weighted by Crippen LogP contribution is 2.38. The molecular weight excluding hydrogens is 347 g/mol. The predicted molar refractivity (Wildman–Crippen MR) is 83.2 cm³/mol. The molecule has 0 amide bonds. The van der Waals surface area contributed by atoms with Crippen LogP contribution < -0.4 is 34.4 Å². The maximum Gasteiger partial charge on any atom is 0.240 e. The molecule has 0 aliphatic carbocycles. The van der Waals surface area contributed by atoms with E-state index in [2.05, 4.69) is 0 Å². The number of nitrogens with two attached hydrogens (primary N) is 6. The standard InChI is InChI=1S/C10H15IN6O/c1-2-3(6(14)9(17)10(11)18)5(13)8(16)7(15)4(2)12/h12-17H2,1H3/b9-6-. The van der Waals surface area contributed by atoms with Crippen LogP contribution in [-0.4, -0.2) is 3.79 Å². The van der Waals surface area contributed by atoms with Crippen molar-refractivity contribution in [3.8, 4) is 0 Å². The number of allylic oxidation sites excluding steroid dienone is 1. The predicted octanol–water partition coefficient (Wildman–Crippen LogP) is -0.129. The number of halogens is 1. The van der Waals surface area contributed by atoms with Crippen LogP contribution in [0.2, 0.25) is 0 Å². The fraction of sp³-hybridized carbons (Fsp3) is 0.100. The van der Waals surface area contributed by atoms with E-state index in [0.29, 0.717) is 11.1 Å². The van der Waals surface area contributed by atoms with Gasteiger partial charge in [-0.3, -0.25) is 4.79 Å². The molecule has 1 rings (SSSR count). The highest BCUT2D eigenvalue weighted by molar-refractivity contribution is 14.1. The summed E-state index contributed by atoms with van der Waals surface area (Å²) in [7, 11) is 0. The zero-order valence-electron chi connectivity index (χ0n) is 9.75. The first-order chi connectivity index (χ1) is 8.20. The van der Waals surface area contributed by atoms with Crippen LogP contribution in [0, 0.1) is 6.92 Å². The average Bonchev–Trinajstić information content (AvgIpc) is 2.32. The number of carbonyl (C=O) groups is 1. The quantitative estimate of drug-likeness (QED) is 0.184. The molecule has 18 heavy (non-hydrogen) atoms. The Morgan fingerprint density at radius 1 is 0.944 bits per heavy atom. The van der Waals surface area contributed by atoms with Gasteiger partial charge in [0.05, 0.1) is 28.4 Å². The Morgan fingerprint density at radius 2 is 1.39 bits per heavy atom. The smallest absolute Gasteiger partial charge is 0.240 e. The van der Waals surface area contributed by atoms with Crippen LogP contribution >= 0.6 is 22.6 Å². The molecular formula is C10H15IN6O. The van der Waals surface area contributed by atoms with Crippen LogP contribution in [0.1, 0.15) is 11.1 Å². The van der Waals surface area contributed by atoms with Crippen molar-refractivity contribution in [3.63, 3.8) is 0 Å². The number of hydrogen-bond donors (Lipinski definition) is 6. The van der Waals surface area contributed by atoms with E-state index in [9.17, 15) is 4.79 Å². The first-order valence-corrected chi connectivity index (χ1v) is 5.95. The molecule has 0 saturated heterocycles. The summed E-state index contributed by atoms with van der Waals surface area (Å²) in [4.78, 5) is 11.2. The van der Waals surface area contributed by atoms with Gasteiger partial charge in [0.1, 0.15) is 5.70 Å². The molecule has 98 valence electrons. The number of anilines is 4. The molecule has 0 aliphatic heterocycles. The van der Waals surface area contributed by atoms with Crippen molar-refractivity contribution in [2.45, 2.75) is 6.92 Å². The lowest BCUT2D eigenvalue weighted by molar-refractivity contribution is -0.106. The van der Waals surface area contributed by atoms with E-state index in [1.54, 1.807) is 6.92 Å². The normalized spacial score (nSPS) is 12.1. The van der Waals surface area contributed by atoms with E-state index in [1.807, 2.05) is 0 Å². The third kappa shape index (κ3) is 2.10. The molecule has 0 aliphatic rings. The Morgan fingerprint density at radius 3 is 1.83 bits per heavy atom. The first-order valence-electron chi connectivity index (χ1n) is 4.88. The topological polar surface area (TPSA) is 173 Å². The second-order valence-electron chi connectivity index (χ2n) is 3.76. The van der Waals surface area contributed by atoms with Gasteiger partial charge in [0.25, 0.3) is 0 Å². The Balaban J connectivity index is 3.73. The summed E-state index contributed by atoms with van der Waals surface area (Å²) in [6.45, 7) is 1.68. The molecule has 0 saturated carbocycles. The fourth-order valence-electron chi connectivity index (χ4n) is 1.55. The fourth-order valence-corrected chi connectivity index (χ4v) is 1.84. The monoisotopic (exact) mass is 362 g/mol. The van der Waals surface area contributed by atoms with E-state index < -0.39 is 3.79 Å². The van der Waals surface area contributed by atoms with Crippen molar-refractivity contribution in [3.05, 3.63) is 16.8 Å². The molecule has 0 spiro atoms. The van der Waals surface area contributed by atoms with Crippen molar-refractivity contribution in [2.75, 3.05) is 22.9 Å². The van der Waals surface area contributed by atoms with Crippen molar-refractivity contribution in [2.24, 2.45) is 11.5 Å². The van der Waals surface area contributed by atoms with E-state index in [1.165, 1.54) is 22.6 Å². The average molecular weight is 362 g/mol. The molecule has 0 unspecified atom stereocenters. The minimum absolute atomic E-state index is 0.0443. The second kappa shape index (κ2) is 4.80. The number of nitrogen functional groups attached to an aromatic ring is 4. The minimum atomic E-state index is -0.391. The summed E-state index contributed by atoms with van der Waals surface area (Å²) in [5, 5.41) is 0. The van der Waals surface area contributed by atoms with Gasteiger partial charge < -0.3 is 34.4 Å². The van der Waals surface area contributed by atoms with Gasteiger partial charge in [-0.1, -0.05) is 0 Å². The van der Waals surface area contributed by atoms with Crippen molar-refractivity contribution in [1.29, 1.82) is 0 Å². The lowest BCUT2D eigenvalue weighted by Gasteiger charge is -2.18. The van der Waals surface area contributed by atoms with E-state index in [-0.39, 0.29) is 34.1 Å². The molecule has 0 bridgehead atoms. The maximum atomic E-state index is 11.2. The number of rotatable bonds is 2. The SMILES string of the molecule is Cc1c(N)c(N)c(N)c(N)c1/C(N)=C(/N)C(=O)I. The van der Waals surface area contributed by atoms with Gasteiger partial charge in [-0.15, -0.1) is 0 Å². The van der Waals surface area contributed by atoms with Crippen LogP contribution in [0.5, 0.6) is 0 Å². The lowest BCUT2D eigenvalue weighted by atomic mass is 9.98. The molecule has 0 radical (unpaired) electrons. The number of benzene rings is 1. The van der Waals surface area contributed by atoms with E-state index in [4.69, 9.17) is 34.4 Å². The highest BCUT2D eigenvalue weighted by Gasteiger charge is 2.19. The van der Waals surface area contributed by atoms with Crippen molar-refractivity contribution >= 4 is 54.8 Å². The van der Waals surface area contributed by atoms with Gasteiger partial charge in [-0.25, -0.2) is 0 Å². The number of carbonyl (C=O) groups excluding carboxylic acids is 1. The first kappa shape index (κ1) is 14.2. The lowest BCUT2D eigenvalue weighted by Crippen LogP contribution is -2.17. The molecule has 1 aromatic carbocycles. The molecule has 0 heterocycles. The van der Waals surface area contributed by atoms with Crippen molar-refractivity contribution < 1.29 is 4.79 Å². The summed E-state index contributed by atoms with van der Waals surface area (Å²) < 4.78 is -0.391. The molecule has 0 atom stereocenters. The van der Waals surface area contributed by atoms with Gasteiger partial charge in [0.15, 0.2) is 0 Å². The zero-order chi connectivity index (χ0) is 14.2. The molecule has 7 nitrogen and oxygen atoms in total. The Hall–Kier alpha value is -1.84. The molecule has 0 aromatic heterocycles. The minimum Gasteiger partial charge on any atom is -0.397 e. The summed E-state index contributed by atoms with van der Waals surface area (Å²) in [6, 6.07) is 0. The molecule has 12 N–H and O–H groups in total. The maximum absolute atomic E-state index is 11.2. The Labute approximate surface area is 118 Å². The second-order valence-corrected chi connectivity index (χ2v) is 4.74. The summed E-state index contributed by atoms with van der Waals surface area (Å²) in [5.74, 6) is 0. The summed E-state index contributed by atoms with van der Waals surface area (Å²) >= 11 is 1.53. The Bertz CT molecular complexity index is 537. The van der Waals surface area contributed by atoms with E-state index >= 15 is 0 Å². The van der Waals surface area contributed by atoms with Gasteiger partial charge in [0.2, 0.25) is 3.79 Å². The highest BCUT2D eigenvalue weighted by atomic mass is 127. The summed E-state index contributed by atoms with van der Waals surface area (Å²) in [6.07, 6.45) is 0.